The molecule has 1 fully saturated rings. The standard InChI is InChI=1S/C24H26FN5O/c25-19-6-3-7-20(12-19)28-23-13-24(27-16-26-23)30-11-9-21(22(31)15-30)29-10-8-17-4-1-2-5-18(17)14-29/h1-7,12-13,16,21-22,31H,8-11,14-15H2,(H,26,27,28)/t21-,22-/m1/s1. The van der Waals surface area contributed by atoms with Crippen LogP contribution in [0.2, 0.25) is 0 Å². The van der Waals surface area contributed by atoms with E-state index in [-0.39, 0.29) is 11.9 Å². The fourth-order valence-electron chi connectivity index (χ4n) is 4.66. The second-order valence-electron chi connectivity index (χ2n) is 8.26. The summed E-state index contributed by atoms with van der Waals surface area (Å²) in [4.78, 5) is 13.2. The molecule has 0 spiro atoms. The third kappa shape index (κ3) is 4.38. The Morgan fingerprint density at radius 2 is 1.87 bits per heavy atom. The number of rotatable bonds is 4. The fraction of sp³-hybridized carbons (Fsp3) is 0.333. The van der Waals surface area contributed by atoms with Crippen LogP contribution in [-0.2, 0) is 13.0 Å². The van der Waals surface area contributed by atoms with E-state index in [9.17, 15) is 9.50 Å². The van der Waals surface area contributed by atoms with E-state index in [4.69, 9.17) is 0 Å². The average molecular weight is 420 g/mol. The normalized spacial score (nSPS) is 21.5. The number of piperidine rings is 1. The molecule has 0 aliphatic carbocycles. The molecule has 2 aromatic carbocycles. The maximum Gasteiger partial charge on any atom is 0.135 e. The van der Waals surface area contributed by atoms with Gasteiger partial charge in [-0.15, -0.1) is 0 Å². The number of nitrogens with zero attached hydrogens (tertiary/aromatic N) is 4. The van der Waals surface area contributed by atoms with Crippen molar-refractivity contribution in [3.05, 3.63) is 77.9 Å². The van der Waals surface area contributed by atoms with E-state index < -0.39 is 6.10 Å². The van der Waals surface area contributed by atoms with Crippen molar-refractivity contribution in [3.63, 3.8) is 0 Å². The third-order valence-electron chi connectivity index (χ3n) is 6.25. The van der Waals surface area contributed by atoms with E-state index in [1.54, 1.807) is 12.1 Å². The molecule has 160 valence electrons. The number of aliphatic hydroxyl groups is 1. The van der Waals surface area contributed by atoms with Crippen LogP contribution in [0.4, 0.5) is 21.7 Å². The number of anilines is 3. The van der Waals surface area contributed by atoms with Gasteiger partial charge in [0.25, 0.3) is 0 Å². The summed E-state index contributed by atoms with van der Waals surface area (Å²) >= 11 is 0. The summed E-state index contributed by atoms with van der Waals surface area (Å²) in [5, 5.41) is 14.1. The van der Waals surface area contributed by atoms with Crippen molar-refractivity contribution in [1.29, 1.82) is 0 Å². The topological polar surface area (TPSA) is 64.5 Å². The SMILES string of the molecule is O[C@@H]1CN(c2cc(Nc3cccc(F)c3)ncn2)CC[C@H]1N1CCc2ccccc2C1. The van der Waals surface area contributed by atoms with Crippen LogP contribution >= 0.6 is 0 Å². The van der Waals surface area contributed by atoms with Crippen molar-refractivity contribution in [2.45, 2.75) is 31.5 Å². The van der Waals surface area contributed by atoms with Crippen molar-refractivity contribution in [1.82, 2.24) is 14.9 Å². The van der Waals surface area contributed by atoms with Crippen molar-refractivity contribution < 1.29 is 9.50 Å². The maximum absolute atomic E-state index is 13.4. The largest absolute Gasteiger partial charge is 0.390 e. The fourth-order valence-corrected chi connectivity index (χ4v) is 4.66. The Kier molecular flexibility index (Phi) is 5.53. The van der Waals surface area contributed by atoms with Crippen LogP contribution in [0.1, 0.15) is 17.5 Å². The Labute approximate surface area is 181 Å². The van der Waals surface area contributed by atoms with Crippen LogP contribution < -0.4 is 10.2 Å². The summed E-state index contributed by atoms with van der Waals surface area (Å²) < 4.78 is 13.4. The summed E-state index contributed by atoms with van der Waals surface area (Å²) in [5.74, 6) is 1.06. The lowest BCUT2D eigenvalue weighted by molar-refractivity contribution is 0.0293. The van der Waals surface area contributed by atoms with Gasteiger partial charge in [-0.3, -0.25) is 4.90 Å². The lowest BCUT2D eigenvalue weighted by atomic mass is 9.94. The smallest absolute Gasteiger partial charge is 0.135 e. The first-order valence-corrected chi connectivity index (χ1v) is 10.7. The summed E-state index contributed by atoms with van der Waals surface area (Å²) in [5.41, 5.74) is 3.42. The molecule has 2 N–H and O–H groups in total. The van der Waals surface area contributed by atoms with Gasteiger partial charge < -0.3 is 15.3 Å². The van der Waals surface area contributed by atoms with Crippen LogP contribution in [0.15, 0.2) is 60.9 Å². The molecule has 2 atom stereocenters. The minimum atomic E-state index is -0.450. The number of nitrogens with one attached hydrogen (secondary N) is 1. The number of fused-ring (bicyclic) bond motifs is 1. The number of halogens is 1. The van der Waals surface area contributed by atoms with Gasteiger partial charge in [-0.05, 0) is 42.2 Å². The Hall–Kier alpha value is -3.03. The van der Waals surface area contributed by atoms with Gasteiger partial charge >= 0.3 is 0 Å². The first kappa shape index (κ1) is 19.9. The highest BCUT2D eigenvalue weighted by Gasteiger charge is 2.34. The molecule has 5 rings (SSSR count). The molecule has 0 amide bonds. The van der Waals surface area contributed by atoms with E-state index in [1.165, 1.54) is 29.6 Å². The molecule has 6 nitrogen and oxygen atoms in total. The first-order valence-electron chi connectivity index (χ1n) is 10.7. The Balaban J connectivity index is 1.25. The zero-order valence-electron chi connectivity index (χ0n) is 17.3. The highest BCUT2D eigenvalue weighted by molar-refractivity contribution is 5.59. The molecule has 3 aromatic rings. The Bertz CT molecular complexity index is 1060. The number of benzene rings is 2. The second-order valence-corrected chi connectivity index (χ2v) is 8.26. The summed E-state index contributed by atoms with van der Waals surface area (Å²) in [6, 6.07) is 16.8. The third-order valence-corrected chi connectivity index (χ3v) is 6.25. The Morgan fingerprint density at radius 3 is 2.71 bits per heavy atom. The van der Waals surface area contributed by atoms with Crippen LogP contribution in [0, 0.1) is 5.82 Å². The number of hydrogen-bond donors (Lipinski definition) is 2. The van der Waals surface area contributed by atoms with E-state index in [2.05, 4.69) is 49.4 Å². The van der Waals surface area contributed by atoms with Crippen LogP contribution in [0.25, 0.3) is 0 Å². The van der Waals surface area contributed by atoms with E-state index in [0.29, 0.717) is 18.1 Å². The van der Waals surface area contributed by atoms with Gasteiger partial charge in [-0.1, -0.05) is 30.3 Å². The number of β-amino-alcohol motifs (C(OH)–C–C–N with tert-alkyl or cyclic N) is 1. The van der Waals surface area contributed by atoms with Crippen molar-refractivity contribution >= 4 is 17.3 Å². The van der Waals surface area contributed by atoms with Crippen molar-refractivity contribution in [2.75, 3.05) is 29.9 Å². The highest BCUT2D eigenvalue weighted by Crippen LogP contribution is 2.27. The van der Waals surface area contributed by atoms with Crippen LogP contribution in [0.5, 0.6) is 0 Å². The molecule has 7 heteroatoms. The van der Waals surface area contributed by atoms with Crippen molar-refractivity contribution in [3.8, 4) is 0 Å². The summed E-state index contributed by atoms with van der Waals surface area (Å²) in [7, 11) is 0. The quantitative estimate of drug-likeness (QED) is 0.676. The van der Waals surface area contributed by atoms with Gasteiger partial charge in [0.2, 0.25) is 0 Å². The molecule has 1 aromatic heterocycles. The summed E-state index contributed by atoms with van der Waals surface area (Å²) in [6.45, 7) is 3.22. The molecule has 0 unspecified atom stereocenters. The second kappa shape index (κ2) is 8.61. The molecule has 0 bridgehead atoms. The lowest BCUT2D eigenvalue weighted by Crippen LogP contribution is -2.55. The van der Waals surface area contributed by atoms with Gasteiger partial charge in [0.1, 0.15) is 23.8 Å². The number of aromatic nitrogens is 2. The zero-order chi connectivity index (χ0) is 21.2. The van der Waals surface area contributed by atoms with Gasteiger partial charge in [0.05, 0.1) is 6.10 Å². The molecule has 3 heterocycles. The number of hydrogen-bond acceptors (Lipinski definition) is 6. The minimum absolute atomic E-state index is 0.149. The molecule has 0 radical (unpaired) electrons. The van der Waals surface area contributed by atoms with Crippen LogP contribution in [-0.4, -0.2) is 51.8 Å². The minimum Gasteiger partial charge on any atom is -0.390 e. The lowest BCUT2D eigenvalue weighted by Gasteiger charge is -2.43. The molecule has 2 aliphatic rings. The molecular formula is C24H26FN5O. The van der Waals surface area contributed by atoms with Crippen molar-refractivity contribution in [2.24, 2.45) is 0 Å². The van der Waals surface area contributed by atoms with Gasteiger partial charge in [-0.25, -0.2) is 14.4 Å². The zero-order valence-corrected chi connectivity index (χ0v) is 17.3. The Morgan fingerprint density at radius 1 is 1.00 bits per heavy atom. The van der Waals surface area contributed by atoms with E-state index >= 15 is 0 Å². The van der Waals surface area contributed by atoms with E-state index in [1.807, 2.05) is 6.07 Å². The van der Waals surface area contributed by atoms with Gasteiger partial charge in [-0.2, -0.15) is 0 Å². The molecule has 1 saturated heterocycles. The van der Waals surface area contributed by atoms with Gasteiger partial charge in [0.15, 0.2) is 0 Å². The van der Waals surface area contributed by atoms with Gasteiger partial charge in [0, 0.05) is 44.0 Å². The first-order chi connectivity index (χ1) is 15.2. The number of aliphatic hydroxyl groups excluding tert-OH is 1. The van der Waals surface area contributed by atoms with Crippen LogP contribution in [0.3, 0.4) is 0 Å². The summed E-state index contributed by atoms with van der Waals surface area (Å²) in [6.07, 6.45) is 2.95. The predicted molar refractivity (Wildman–Crippen MR) is 119 cm³/mol. The molecule has 2 aliphatic heterocycles. The van der Waals surface area contributed by atoms with E-state index in [0.717, 1.165) is 38.3 Å². The highest BCUT2D eigenvalue weighted by atomic mass is 19.1. The molecular weight excluding hydrogens is 393 g/mol. The predicted octanol–water partition coefficient (Wildman–Crippen LogP) is 3.36. The maximum atomic E-state index is 13.4. The molecule has 31 heavy (non-hydrogen) atoms. The average Bonchev–Trinajstić information content (AvgIpc) is 2.79. The monoisotopic (exact) mass is 419 g/mol. The molecule has 0 saturated carbocycles.